The second kappa shape index (κ2) is 9.91. The van der Waals surface area contributed by atoms with Gasteiger partial charge in [0, 0.05) is 30.0 Å². The molecule has 0 fully saturated rings. The molecule has 0 aliphatic carbocycles. The Morgan fingerprint density at radius 3 is 2.95 bits per heavy atom. The molecule has 4 nitrogen and oxygen atoms in total. The zero-order valence-electron chi connectivity index (χ0n) is 11.6. The molecule has 0 saturated heterocycles. The van der Waals surface area contributed by atoms with Gasteiger partial charge in [0.2, 0.25) is 0 Å². The van der Waals surface area contributed by atoms with Crippen molar-refractivity contribution in [2.45, 2.75) is 18.9 Å². The van der Waals surface area contributed by atoms with E-state index in [-0.39, 0.29) is 18.7 Å². The third kappa shape index (κ3) is 7.03. The lowest BCUT2D eigenvalue weighted by atomic mass is 10.1. The van der Waals surface area contributed by atoms with E-state index < -0.39 is 0 Å². The fraction of sp³-hybridized carbons (Fsp3) is 0.500. The van der Waals surface area contributed by atoms with Crippen LogP contribution in [0.4, 0.5) is 4.79 Å². The van der Waals surface area contributed by atoms with Crippen molar-refractivity contribution < 1.29 is 9.90 Å². The Morgan fingerprint density at radius 2 is 2.30 bits per heavy atom. The predicted molar refractivity (Wildman–Crippen MR) is 85.6 cm³/mol. The second-order valence-electron chi connectivity index (χ2n) is 4.44. The molecule has 3 N–H and O–H groups in total. The monoisotopic (exact) mass is 316 g/mol. The molecule has 0 aromatic heterocycles. The zero-order chi connectivity index (χ0) is 14.8. The number of hydrogen-bond donors (Lipinski definition) is 3. The highest BCUT2D eigenvalue weighted by atomic mass is 35.5. The van der Waals surface area contributed by atoms with Gasteiger partial charge in [-0.25, -0.2) is 4.79 Å². The molecule has 1 aromatic rings. The minimum atomic E-state index is -0.195. The maximum absolute atomic E-state index is 11.7. The van der Waals surface area contributed by atoms with E-state index in [9.17, 15) is 4.79 Å². The molecule has 0 aliphatic rings. The minimum absolute atomic E-state index is 0.00108. The molecule has 0 aliphatic heterocycles. The molecule has 2 amide bonds. The Balaban J connectivity index is 2.28. The standard InChI is InChI=1S/C14H21ClN2O2S/c1-20-10-13(6-8-18)17-14(19)16-7-5-11-3-2-4-12(15)9-11/h2-4,9,13,18H,5-8,10H2,1H3,(H2,16,17,19). The summed E-state index contributed by atoms with van der Waals surface area (Å²) in [6.45, 7) is 0.630. The molecule has 1 aromatic carbocycles. The van der Waals surface area contributed by atoms with Gasteiger partial charge in [-0.15, -0.1) is 0 Å². The summed E-state index contributed by atoms with van der Waals surface area (Å²) in [5.41, 5.74) is 1.09. The van der Waals surface area contributed by atoms with Crippen molar-refractivity contribution in [1.29, 1.82) is 0 Å². The van der Waals surface area contributed by atoms with Gasteiger partial charge in [-0.1, -0.05) is 23.7 Å². The summed E-state index contributed by atoms with van der Waals surface area (Å²) in [6.07, 6.45) is 3.28. The third-order valence-electron chi connectivity index (χ3n) is 2.77. The predicted octanol–water partition coefficient (Wildman–Crippen LogP) is 2.30. The molecule has 0 heterocycles. The normalized spacial score (nSPS) is 11.9. The molecular formula is C14H21ClN2O2S. The Hall–Kier alpha value is -0.910. The van der Waals surface area contributed by atoms with Crippen LogP contribution in [0.2, 0.25) is 5.02 Å². The first-order chi connectivity index (χ1) is 9.65. The number of rotatable bonds is 8. The van der Waals surface area contributed by atoms with Gasteiger partial charge in [0.1, 0.15) is 0 Å². The van der Waals surface area contributed by atoms with Gasteiger partial charge in [-0.2, -0.15) is 11.8 Å². The zero-order valence-corrected chi connectivity index (χ0v) is 13.1. The highest BCUT2D eigenvalue weighted by molar-refractivity contribution is 7.98. The maximum atomic E-state index is 11.7. The number of carbonyl (C=O) groups is 1. The number of urea groups is 1. The van der Waals surface area contributed by atoms with Crippen LogP contribution < -0.4 is 10.6 Å². The van der Waals surface area contributed by atoms with E-state index in [1.165, 1.54) is 0 Å². The largest absolute Gasteiger partial charge is 0.396 e. The van der Waals surface area contributed by atoms with Crippen molar-refractivity contribution >= 4 is 29.4 Å². The topological polar surface area (TPSA) is 61.4 Å². The highest BCUT2D eigenvalue weighted by Crippen LogP contribution is 2.10. The van der Waals surface area contributed by atoms with E-state index in [4.69, 9.17) is 16.7 Å². The van der Waals surface area contributed by atoms with Crippen LogP contribution in [-0.4, -0.2) is 42.3 Å². The minimum Gasteiger partial charge on any atom is -0.396 e. The van der Waals surface area contributed by atoms with E-state index in [1.54, 1.807) is 11.8 Å². The first kappa shape index (κ1) is 17.1. The number of hydrogen-bond acceptors (Lipinski definition) is 3. The van der Waals surface area contributed by atoms with Crippen LogP contribution in [0.5, 0.6) is 0 Å². The van der Waals surface area contributed by atoms with Crippen molar-refractivity contribution in [2.24, 2.45) is 0 Å². The van der Waals surface area contributed by atoms with Crippen LogP contribution in [0.3, 0.4) is 0 Å². The first-order valence-corrected chi connectivity index (χ1v) is 8.31. The van der Waals surface area contributed by atoms with Crippen LogP contribution in [0.15, 0.2) is 24.3 Å². The van der Waals surface area contributed by atoms with E-state index in [0.717, 1.165) is 17.7 Å². The number of aliphatic hydroxyl groups is 1. The van der Waals surface area contributed by atoms with Crippen LogP contribution in [0, 0.1) is 0 Å². The van der Waals surface area contributed by atoms with Gasteiger partial charge in [0.05, 0.1) is 0 Å². The summed E-state index contributed by atoms with van der Waals surface area (Å²) in [5.74, 6) is 0.794. The fourth-order valence-electron chi connectivity index (χ4n) is 1.80. The van der Waals surface area contributed by atoms with Crippen molar-refractivity contribution in [3.05, 3.63) is 34.9 Å². The number of benzene rings is 1. The molecule has 20 heavy (non-hydrogen) atoms. The summed E-state index contributed by atoms with van der Waals surface area (Å²) in [6, 6.07) is 7.40. The summed E-state index contributed by atoms with van der Waals surface area (Å²) >= 11 is 7.54. The number of halogens is 1. The van der Waals surface area contributed by atoms with Gasteiger partial charge in [-0.3, -0.25) is 0 Å². The number of thioether (sulfide) groups is 1. The van der Waals surface area contributed by atoms with E-state index in [2.05, 4.69) is 10.6 Å². The number of carbonyl (C=O) groups excluding carboxylic acids is 1. The van der Waals surface area contributed by atoms with Crippen LogP contribution in [0.1, 0.15) is 12.0 Å². The third-order valence-corrected chi connectivity index (χ3v) is 3.74. The van der Waals surface area contributed by atoms with Crippen molar-refractivity contribution in [3.63, 3.8) is 0 Å². The number of nitrogens with one attached hydrogen (secondary N) is 2. The molecule has 112 valence electrons. The molecule has 0 radical (unpaired) electrons. The maximum Gasteiger partial charge on any atom is 0.315 e. The molecule has 6 heteroatoms. The van der Waals surface area contributed by atoms with Gasteiger partial charge >= 0.3 is 6.03 Å². The van der Waals surface area contributed by atoms with E-state index >= 15 is 0 Å². The molecule has 0 spiro atoms. The number of aliphatic hydroxyl groups excluding tert-OH is 1. The smallest absolute Gasteiger partial charge is 0.315 e. The fourth-order valence-corrected chi connectivity index (χ4v) is 2.67. The quantitative estimate of drug-likeness (QED) is 0.689. The lowest BCUT2D eigenvalue weighted by Gasteiger charge is -2.17. The van der Waals surface area contributed by atoms with Crippen LogP contribution in [-0.2, 0) is 6.42 Å². The SMILES string of the molecule is CSCC(CCO)NC(=O)NCCc1cccc(Cl)c1. The average Bonchev–Trinajstić information content (AvgIpc) is 2.39. The highest BCUT2D eigenvalue weighted by Gasteiger charge is 2.10. The first-order valence-electron chi connectivity index (χ1n) is 6.54. The number of amides is 2. The van der Waals surface area contributed by atoms with Gasteiger partial charge in [0.15, 0.2) is 0 Å². The summed E-state index contributed by atoms with van der Waals surface area (Å²) in [5, 5.41) is 15.3. The molecule has 1 rings (SSSR count). The van der Waals surface area contributed by atoms with Crippen molar-refractivity contribution in [1.82, 2.24) is 10.6 Å². The van der Waals surface area contributed by atoms with E-state index in [0.29, 0.717) is 18.0 Å². The Kier molecular flexibility index (Phi) is 8.49. The Bertz CT molecular complexity index is 412. The second-order valence-corrected chi connectivity index (χ2v) is 5.79. The van der Waals surface area contributed by atoms with Crippen LogP contribution >= 0.6 is 23.4 Å². The van der Waals surface area contributed by atoms with Crippen molar-refractivity contribution in [2.75, 3.05) is 25.2 Å². The lowest BCUT2D eigenvalue weighted by molar-refractivity contribution is 0.231. The van der Waals surface area contributed by atoms with Crippen LogP contribution in [0.25, 0.3) is 0 Å². The summed E-state index contributed by atoms with van der Waals surface area (Å²) < 4.78 is 0. The molecule has 1 atom stereocenters. The van der Waals surface area contributed by atoms with E-state index in [1.807, 2.05) is 30.5 Å². The summed E-state index contributed by atoms with van der Waals surface area (Å²) in [7, 11) is 0. The lowest BCUT2D eigenvalue weighted by Crippen LogP contribution is -2.44. The molecule has 0 bridgehead atoms. The summed E-state index contributed by atoms with van der Waals surface area (Å²) in [4.78, 5) is 11.7. The average molecular weight is 317 g/mol. The molecule has 0 saturated carbocycles. The molecular weight excluding hydrogens is 296 g/mol. The Morgan fingerprint density at radius 1 is 1.50 bits per heavy atom. The van der Waals surface area contributed by atoms with Gasteiger partial charge < -0.3 is 15.7 Å². The Labute approximate surface area is 129 Å². The van der Waals surface area contributed by atoms with Gasteiger partial charge in [0.25, 0.3) is 0 Å². The van der Waals surface area contributed by atoms with Gasteiger partial charge in [-0.05, 0) is 36.8 Å². The van der Waals surface area contributed by atoms with Crippen molar-refractivity contribution in [3.8, 4) is 0 Å². The molecule has 1 unspecified atom stereocenters.